The summed E-state index contributed by atoms with van der Waals surface area (Å²) < 4.78 is 5.85. The second-order valence-corrected chi connectivity index (χ2v) is 4.07. The highest BCUT2D eigenvalue weighted by Gasteiger charge is 2.10. The molecular weight excluding hydrogens is 302 g/mol. The van der Waals surface area contributed by atoms with E-state index in [1.54, 1.807) is 19.2 Å². The number of rotatable bonds is 2. The topological polar surface area (TPSA) is 26.3 Å². The number of methoxy groups -OCH3 is 1. The molecule has 0 saturated heterocycles. The van der Waals surface area contributed by atoms with Gasteiger partial charge >= 0.3 is 0 Å². The number of carbonyl (C=O) groups excluding carboxylic acids is 1. The summed E-state index contributed by atoms with van der Waals surface area (Å²) in [6, 6.07) is 3.43. The fourth-order valence-corrected chi connectivity index (χ4v) is 1.78. The van der Waals surface area contributed by atoms with E-state index in [-0.39, 0.29) is 5.78 Å². The lowest BCUT2D eigenvalue weighted by atomic mass is 10.1. The van der Waals surface area contributed by atoms with E-state index >= 15 is 0 Å². The quantitative estimate of drug-likeness (QED) is 0.619. The molecule has 0 aromatic heterocycles. The number of hydrogen-bond acceptors (Lipinski definition) is 2. The Morgan fingerprint density at radius 3 is 2.62 bits per heavy atom. The van der Waals surface area contributed by atoms with Gasteiger partial charge in [-0.3, -0.25) is 4.79 Å². The lowest BCUT2D eigenvalue weighted by Crippen LogP contribution is -1.96. The zero-order valence-electron chi connectivity index (χ0n) is 7.23. The Hall–Kier alpha value is -0.290. The minimum atomic E-state index is -0.0539. The Labute approximate surface area is 95.4 Å². The number of ketones is 1. The number of hydrogen-bond donors (Lipinski definition) is 0. The molecule has 0 radical (unpaired) electrons. The summed E-state index contributed by atoms with van der Waals surface area (Å²) in [6.45, 7) is 1.48. The number of halogens is 2. The maximum Gasteiger partial charge on any atom is 0.161 e. The monoisotopic (exact) mass is 310 g/mol. The predicted octanol–water partition coefficient (Wildman–Crippen LogP) is 3.16. The van der Waals surface area contributed by atoms with Gasteiger partial charge in [0.2, 0.25) is 0 Å². The van der Waals surface area contributed by atoms with Crippen LogP contribution in [0.3, 0.4) is 0 Å². The molecule has 0 aliphatic rings. The van der Waals surface area contributed by atoms with Crippen LogP contribution in [0.15, 0.2) is 12.1 Å². The van der Waals surface area contributed by atoms with Gasteiger partial charge in [-0.25, -0.2) is 0 Å². The van der Waals surface area contributed by atoms with Crippen LogP contribution < -0.4 is 4.74 Å². The lowest BCUT2D eigenvalue weighted by Gasteiger charge is -2.06. The highest BCUT2D eigenvalue weighted by molar-refractivity contribution is 14.1. The van der Waals surface area contributed by atoms with E-state index in [1.165, 1.54) is 6.92 Å². The van der Waals surface area contributed by atoms with Crippen molar-refractivity contribution in [2.45, 2.75) is 6.92 Å². The lowest BCUT2D eigenvalue weighted by molar-refractivity contribution is 0.101. The Bertz CT molecular complexity index is 350. The van der Waals surface area contributed by atoms with Crippen LogP contribution in [0.4, 0.5) is 0 Å². The van der Waals surface area contributed by atoms with E-state index < -0.39 is 0 Å². The van der Waals surface area contributed by atoms with Crippen LogP contribution >= 0.6 is 34.2 Å². The van der Waals surface area contributed by atoms with E-state index in [0.29, 0.717) is 16.3 Å². The van der Waals surface area contributed by atoms with Crippen LogP contribution in [0, 0.1) is 3.57 Å². The first kappa shape index (κ1) is 10.8. The zero-order valence-corrected chi connectivity index (χ0v) is 10.1. The molecule has 0 bridgehead atoms. The first-order valence-electron chi connectivity index (χ1n) is 3.60. The third-order valence-electron chi connectivity index (χ3n) is 1.62. The number of carbonyl (C=O) groups is 1. The number of ether oxygens (including phenoxy) is 1. The average molecular weight is 311 g/mol. The molecule has 70 valence electrons. The molecule has 0 aliphatic heterocycles. The first-order chi connectivity index (χ1) is 6.06. The molecular formula is C9H8ClIO2. The van der Waals surface area contributed by atoms with Crippen molar-refractivity contribution >= 4 is 40.0 Å². The van der Waals surface area contributed by atoms with Crippen molar-refractivity contribution in [3.8, 4) is 5.75 Å². The molecule has 13 heavy (non-hydrogen) atoms. The summed E-state index contributed by atoms with van der Waals surface area (Å²) in [5, 5.41) is 0.494. The predicted molar refractivity (Wildman–Crippen MR) is 60.7 cm³/mol. The van der Waals surface area contributed by atoms with Gasteiger partial charge in [-0.15, -0.1) is 0 Å². The molecule has 0 aliphatic carbocycles. The number of Topliss-reactive ketones (excluding diaryl/α,β-unsaturated/α-hetero) is 1. The smallest absolute Gasteiger partial charge is 0.161 e. The zero-order chi connectivity index (χ0) is 10.0. The maximum atomic E-state index is 11.1. The molecule has 0 fully saturated rings. The standard InChI is InChI=1S/C9H8ClIO2/c1-5(12)7-3-6(13-2)4-8(11)9(7)10/h3-4H,1-2H3. The van der Waals surface area contributed by atoms with Gasteiger partial charge in [0.15, 0.2) is 5.78 Å². The van der Waals surface area contributed by atoms with E-state index in [0.717, 1.165) is 3.57 Å². The van der Waals surface area contributed by atoms with E-state index in [4.69, 9.17) is 16.3 Å². The summed E-state index contributed by atoms with van der Waals surface area (Å²) in [5.41, 5.74) is 0.505. The molecule has 2 nitrogen and oxygen atoms in total. The van der Waals surface area contributed by atoms with E-state index in [2.05, 4.69) is 22.6 Å². The maximum absolute atomic E-state index is 11.1. The van der Waals surface area contributed by atoms with E-state index in [9.17, 15) is 4.79 Å². The Balaban J connectivity index is 3.33. The van der Waals surface area contributed by atoms with Crippen molar-refractivity contribution in [2.24, 2.45) is 0 Å². The molecule has 0 unspecified atom stereocenters. The first-order valence-corrected chi connectivity index (χ1v) is 5.06. The third-order valence-corrected chi connectivity index (χ3v) is 3.19. The van der Waals surface area contributed by atoms with Gasteiger partial charge in [-0.05, 0) is 41.6 Å². The molecule has 0 spiro atoms. The van der Waals surface area contributed by atoms with Crippen molar-refractivity contribution < 1.29 is 9.53 Å². The van der Waals surface area contributed by atoms with Crippen LogP contribution in [0.25, 0.3) is 0 Å². The van der Waals surface area contributed by atoms with Gasteiger partial charge in [0.05, 0.1) is 12.1 Å². The molecule has 0 saturated carbocycles. The van der Waals surface area contributed by atoms with Gasteiger partial charge in [-0.1, -0.05) is 11.6 Å². The fourth-order valence-electron chi connectivity index (χ4n) is 0.938. The Kier molecular flexibility index (Phi) is 3.55. The Morgan fingerprint density at radius 1 is 1.54 bits per heavy atom. The molecule has 0 amide bonds. The Morgan fingerprint density at radius 2 is 2.15 bits per heavy atom. The summed E-state index contributed by atoms with van der Waals surface area (Å²) in [5.74, 6) is 0.598. The van der Waals surface area contributed by atoms with Crippen molar-refractivity contribution in [1.82, 2.24) is 0 Å². The highest BCUT2D eigenvalue weighted by Crippen LogP contribution is 2.28. The molecule has 0 atom stereocenters. The van der Waals surface area contributed by atoms with Crippen LogP contribution in [0.2, 0.25) is 5.02 Å². The summed E-state index contributed by atoms with van der Waals surface area (Å²) in [4.78, 5) is 11.1. The minimum absolute atomic E-state index is 0.0539. The largest absolute Gasteiger partial charge is 0.497 e. The normalized spacial score (nSPS) is 9.85. The van der Waals surface area contributed by atoms with Gasteiger partial charge in [0.25, 0.3) is 0 Å². The minimum Gasteiger partial charge on any atom is -0.497 e. The summed E-state index contributed by atoms with van der Waals surface area (Å²) in [7, 11) is 1.56. The molecule has 1 rings (SSSR count). The number of benzene rings is 1. The van der Waals surface area contributed by atoms with Gasteiger partial charge < -0.3 is 4.74 Å². The van der Waals surface area contributed by atoms with Crippen molar-refractivity contribution in [3.05, 3.63) is 26.3 Å². The second kappa shape index (κ2) is 4.28. The van der Waals surface area contributed by atoms with Crippen molar-refractivity contribution in [1.29, 1.82) is 0 Å². The van der Waals surface area contributed by atoms with Crippen LogP contribution in [0.5, 0.6) is 5.75 Å². The second-order valence-electron chi connectivity index (χ2n) is 2.53. The molecule has 1 aromatic rings. The summed E-state index contributed by atoms with van der Waals surface area (Å²) in [6.07, 6.45) is 0. The van der Waals surface area contributed by atoms with Crippen molar-refractivity contribution in [3.63, 3.8) is 0 Å². The molecule has 0 N–H and O–H groups in total. The summed E-state index contributed by atoms with van der Waals surface area (Å²) >= 11 is 8.00. The van der Waals surface area contributed by atoms with Crippen LogP contribution in [-0.2, 0) is 0 Å². The SMILES string of the molecule is COc1cc(I)c(Cl)c(C(C)=O)c1. The van der Waals surface area contributed by atoms with Gasteiger partial charge in [0, 0.05) is 9.13 Å². The fraction of sp³-hybridized carbons (Fsp3) is 0.222. The molecule has 0 heterocycles. The average Bonchev–Trinajstić information content (AvgIpc) is 2.09. The third kappa shape index (κ3) is 2.34. The van der Waals surface area contributed by atoms with Crippen LogP contribution in [0.1, 0.15) is 17.3 Å². The van der Waals surface area contributed by atoms with Gasteiger partial charge in [-0.2, -0.15) is 0 Å². The van der Waals surface area contributed by atoms with Gasteiger partial charge in [0.1, 0.15) is 5.75 Å². The molecule has 4 heteroatoms. The highest BCUT2D eigenvalue weighted by atomic mass is 127. The van der Waals surface area contributed by atoms with Crippen LogP contribution in [-0.4, -0.2) is 12.9 Å². The van der Waals surface area contributed by atoms with E-state index in [1.807, 2.05) is 0 Å². The molecule has 1 aromatic carbocycles. The van der Waals surface area contributed by atoms with Crippen molar-refractivity contribution in [2.75, 3.05) is 7.11 Å².